The summed E-state index contributed by atoms with van der Waals surface area (Å²) in [5, 5.41) is 2.61. The molecular weight excluding hydrogens is 318 g/mol. The summed E-state index contributed by atoms with van der Waals surface area (Å²) in [4.78, 5) is 25.1. The first-order chi connectivity index (χ1) is 9.28. The Bertz CT molecular complexity index is 662. The van der Waals surface area contributed by atoms with Crippen molar-refractivity contribution in [3.8, 4) is 0 Å². The van der Waals surface area contributed by atoms with Crippen molar-refractivity contribution in [3.63, 3.8) is 0 Å². The number of carbonyl (C=O) groups excluding carboxylic acids is 2. The quantitative estimate of drug-likeness (QED) is 0.776. The molecular formula is C12H16ClN3O4S. The Morgan fingerprint density at radius 2 is 2.05 bits per heavy atom. The SMILES string of the molecule is CS(=O)(=O)CC(=O)N1C[C@H](N)C(=O)Nc2ccccc21.Cl. The van der Waals surface area contributed by atoms with Crippen LogP contribution in [0.2, 0.25) is 0 Å². The van der Waals surface area contributed by atoms with E-state index in [1.54, 1.807) is 24.3 Å². The van der Waals surface area contributed by atoms with Gasteiger partial charge >= 0.3 is 0 Å². The number of anilines is 2. The van der Waals surface area contributed by atoms with E-state index in [0.29, 0.717) is 11.4 Å². The van der Waals surface area contributed by atoms with Gasteiger partial charge in [0.25, 0.3) is 0 Å². The zero-order valence-corrected chi connectivity index (χ0v) is 12.9. The van der Waals surface area contributed by atoms with E-state index >= 15 is 0 Å². The largest absolute Gasteiger partial charge is 0.323 e. The lowest BCUT2D eigenvalue weighted by molar-refractivity contribution is -0.117. The fourth-order valence-electron chi connectivity index (χ4n) is 1.96. The average Bonchev–Trinajstić information content (AvgIpc) is 2.45. The summed E-state index contributed by atoms with van der Waals surface area (Å²) in [6, 6.07) is 5.75. The van der Waals surface area contributed by atoms with Gasteiger partial charge in [-0.15, -0.1) is 12.4 Å². The molecule has 0 spiro atoms. The topological polar surface area (TPSA) is 110 Å². The predicted molar refractivity (Wildman–Crippen MR) is 82.4 cm³/mol. The lowest BCUT2D eigenvalue weighted by Gasteiger charge is -2.23. The van der Waals surface area contributed by atoms with Crippen molar-refractivity contribution in [1.29, 1.82) is 0 Å². The average molecular weight is 334 g/mol. The zero-order chi connectivity index (χ0) is 14.9. The molecule has 9 heteroatoms. The van der Waals surface area contributed by atoms with Gasteiger partial charge in [0.2, 0.25) is 11.8 Å². The number of carbonyl (C=O) groups is 2. The van der Waals surface area contributed by atoms with Crippen LogP contribution in [0.25, 0.3) is 0 Å². The number of sulfone groups is 1. The first kappa shape index (κ1) is 17.4. The number of nitrogens with two attached hydrogens (primary N) is 1. The number of amides is 2. The smallest absolute Gasteiger partial charge is 0.243 e. The Hall–Kier alpha value is -1.64. The molecule has 1 aliphatic heterocycles. The highest BCUT2D eigenvalue weighted by Gasteiger charge is 2.30. The monoisotopic (exact) mass is 333 g/mol. The van der Waals surface area contributed by atoms with E-state index in [1.807, 2.05) is 0 Å². The zero-order valence-electron chi connectivity index (χ0n) is 11.3. The molecule has 0 fully saturated rings. The molecule has 0 unspecified atom stereocenters. The molecule has 116 valence electrons. The van der Waals surface area contributed by atoms with Crippen molar-refractivity contribution in [2.45, 2.75) is 6.04 Å². The van der Waals surface area contributed by atoms with Gasteiger partial charge in [0.1, 0.15) is 11.8 Å². The van der Waals surface area contributed by atoms with E-state index in [4.69, 9.17) is 5.73 Å². The van der Waals surface area contributed by atoms with Crippen LogP contribution < -0.4 is 16.0 Å². The molecule has 0 aromatic heterocycles. The highest BCUT2D eigenvalue weighted by Crippen LogP contribution is 2.28. The summed E-state index contributed by atoms with van der Waals surface area (Å²) in [7, 11) is -3.46. The summed E-state index contributed by atoms with van der Waals surface area (Å²) >= 11 is 0. The third-order valence-corrected chi connectivity index (χ3v) is 3.63. The Morgan fingerprint density at radius 3 is 2.67 bits per heavy atom. The number of fused-ring (bicyclic) bond motifs is 1. The molecule has 1 aliphatic rings. The van der Waals surface area contributed by atoms with Gasteiger partial charge in [0, 0.05) is 6.26 Å². The van der Waals surface area contributed by atoms with Crippen LogP contribution in [0.4, 0.5) is 11.4 Å². The number of hydrogen-bond acceptors (Lipinski definition) is 5. The number of halogens is 1. The molecule has 0 radical (unpaired) electrons. The molecule has 7 nitrogen and oxygen atoms in total. The van der Waals surface area contributed by atoms with Crippen molar-refractivity contribution in [1.82, 2.24) is 0 Å². The van der Waals surface area contributed by atoms with Crippen LogP contribution >= 0.6 is 12.4 Å². The van der Waals surface area contributed by atoms with Crippen LogP contribution in [-0.4, -0.2) is 44.8 Å². The highest BCUT2D eigenvalue weighted by molar-refractivity contribution is 7.91. The van der Waals surface area contributed by atoms with Crippen LogP contribution in [0, 0.1) is 0 Å². The molecule has 3 N–H and O–H groups in total. The van der Waals surface area contributed by atoms with E-state index in [1.165, 1.54) is 4.90 Å². The third kappa shape index (κ3) is 4.16. The van der Waals surface area contributed by atoms with Gasteiger partial charge in [-0.25, -0.2) is 8.42 Å². The normalized spacial score (nSPS) is 18.1. The number of rotatable bonds is 2. The van der Waals surface area contributed by atoms with E-state index in [-0.39, 0.29) is 19.0 Å². The first-order valence-electron chi connectivity index (χ1n) is 5.91. The Labute approximate surface area is 128 Å². The minimum absolute atomic E-state index is 0. The van der Waals surface area contributed by atoms with Crippen LogP contribution in [0.1, 0.15) is 0 Å². The maximum atomic E-state index is 12.1. The van der Waals surface area contributed by atoms with Crippen molar-refractivity contribution >= 4 is 45.4 Å². The Morgan fingerprint density at radius 1 is 1.43 bits per heavy atom. The maximum absolute atomic E-state index is 12.1. The van der Waals surface area contributed by atoms with Gasteiger partial charge in [-0.1, -0.05) is 12.1 Å². The molecule has 1 atom stereocenters. The number of hydrogen-bond donors (Lipinski definition) is 2. The van der Waals surface area contributed by atoms with E-state index in [9.17, 15) is 18.0 Å². The molecule has 1 aromatic carbocycles. The van der Waals surface area contributed by atoms with Gasteiger partial charge < -0.3 is 16.0 Å². The molecule has 0 saturated heterocycles. The molecule has 0 bridgehead atoms. The predicted octanol–water partition coefficient (Wildman–Crippen LogP) is -0.235. The fraction of sp³-hybridized carbons (Fsp3) is 0.333. The highest BCUT2D eigenvalue weighted by atomic mass is 35.5. The van der Waals surface area contributed by atoms with Crippen LogP contribution in [0.5, 0.6) is 0 Å². The van der Waals surface area contributed by atoms with Gasteiger partial charge in [-0.3, -0.25) is 9.59 Å². The molecule has 1 heterocycles. The third-order valence-electron chi connectivity index (χ3n) is 2.86. The lowest BCUT2D eigenvalue weighted by atomic mass is 10.2. The van der Waals surface area contributed by atoms with Crippen molar-refractivity contribution in [2.24, 2.45) is 5.73 Å². The van der Waals surface area contributed by atoms with Crippen LogP contribution in [0.3, 0.4) is 0 Å². The summed E-state index contributed by atoms with van der Waals surface area (Å²) in [5.41, 5.74) is 6.58. The Balaban J connectivity index is 0.00000220. The minimum Gasteiger partial charge on any atom is -0.323 e. The number of nitrogens with one attached hydrogen (secondary N) is 1. The Kier molecular flexibility index (Phi) is 5.32. The molecule has 2 rings (SSSR count). The van der Waals surface area contributed by atoms with Gasteiger partial charge in [-0.2, -0.15) is 0 Å². The fourth-order valence-corrected chi connectivity index (χ4v) is 2.56. The van der Waals surface area contributed by atoms with Crippen molar-refractivity contribution in [3.05, 3.63) is 24.3 Å². The summed E-state index contributed by atoms with van der Waals surface area (Å²) < 4.78 is 22.5. The summed E-state index contributed by atoms with van der Waals surface area (Å²) in [6.45, 7) is -0.0583. The van der Waals surface area contributed by atoms with E-state index in [2.05, 4.69) is 5.32 Å². The lowest BCUT2D eigenvalue weighted by Crippen LogP contribution is -2.46. The molecule has 21 heavy (non-hydrogen) atoms. The van der Waals surface area contributed by atoms with Crippen LogP contribution in [0.15, 0.2) is 24.3 Å². The summed E-state index contributed by atoms with van der Waals surface area (Å²) in [6.07, 6.45) is 0.984. The second-order valence-corrected chi connectivity index (χ2v) is 6.83. The second-order valence-electron chi connectivity index (χ2n) is 4.69. The molecule has 0 saturated carbocycles. The van der Waals surface area contributed by atoms with Crippen LogP contribution in [-0.2, 0) is 19.4 Å². The minimum atomic E-state index is -3.46. The molecule has 0 aliphatic carbocycles. The van der Waals surface area contributed by atoms with E-state index < -0.39 is 33.4 Å². The maximum Gasteiger partial charge on any atom is 0.243 e. The number of para-hydroxylation sites is 2. The van der Waals surface area contributed by atoms with E-state index in [0.717, 1.165) is 6.26 Å². The second kappa shape index (κ2) is 6.42. The van der Waals surface area contributed by atoms with Gasteiger partial charge in [0.05, 0.1) is 17.9 Å². The molecule has 2 amide bonds. The van der Waals surface area contributed by atoms with Gasteiger partial charge in [-0.05, 0) is 12.1 Å². The number of nitrogens with zero attached hydrogens (tertiary/aromatic N) is 1. The van der Waals surface area contributed by atoms with Crippen molar-refractivity contribution in [2.75, 3.05) is 28.8 Å². The number of benzene rings is 1. The van der Waals surface area contributed by atoms with Crippen molar-refractivity contribution < 1.29 is 18.0 Å². The summed E-state index contributed by atoms with van der Waals surface area (Å²) in [5.74, 6) is -1.64. The van der Waals surface area contributed by atoms with Gasteiger partial charge in [0.15, 0.2) is 9.84 Å². The molecule has 1 aromatic rings. The standard InChI is InChI=1S/C12H15N3O4S.ClH/c1-20(18,19)7-11(16)15-6-8(13)12(17)14-9-4-2-3-5-10(9)15;/h2-5,8H,6-7,13H2,1H3,(H,14,17);1H/t8-;/m0./s1. The first-order valence-corrected chi connectivity index (χ1v) is 7.97.